The molecular formula is C18H27ClN4O3S. The van der Waals surface area contributed by atoms with E-state index in [0.717, 1.165) is 55.4 Å². The number of hydrogen-bond donors (Lipinski definition) is 0. The Morgan fingerprint density at radius 3 is 2.41 bits per heavy atom. The number of aryl methyl sites for hydroxylation is 1. The minimum atomic E-state index is -0.282. The average molecular weight is 415 g/mol. The number of nitrogens with zero attached hydrogens (tertiary/aromatic N) is 4. The molecule has 7 nitrogen and oxygen atoms in total. The van der Waals surface area contributed by atoms with Gasteiger partial charge in [-0.15, -0.1) is 23.7 Å². The zero-order valence-corrected chi connectivity index (χ0v) is 17.6. The van der Waals surface area contributed by atoms with Gasteiger partial charge in [0.05, 0.1) is 6.61 Å². The van der Waals surface area contributed by atoms with E-state index in [4.69, 9.17) is 4.74 Å². The molecule has 0 N–H and O–H groups in total. The Labute approximate surface area is 169 Å². The van der Waals surface area contributed by atoms with E-state index in [0.29, 0.717) is 5.82 Å². The summed E-state index contributed by atoms with van der Waals surface area (Å²) in [6, 6.07) is 3.62. The third-order valence-corrected chi connectivity index (χ3v) is 5.72. The molecule has 0 spiro atoms. The highest BCUT2D eigenvalue weighted by atomic mass is 35.5. The van der Waals surface area contributed by atoms with Gasteiger partial charge < -0.3 is 9.64 Å². The Balaban J connectivity index is 0.00000261. The maximum Gasteiger partial charge on any atom is 0.332 e. The largest absolute Gasteiger partial charge is 0.484 e. The lowest BCUT2D eigenvalue weighted by Crippen LogP contribution is -2.49. The lowest BCUT2D eigenvalue weighted by atomic mass is 10.3. The lowest BCUT2D eigenvalue weighted by molar-refractivity contribution is 0.226. The summed E-state index contributed by atoms with van der Waals surface area (Å²) in [5.41, 5.74) is 0.702. The number of piperazine rings is 1. The predicted molar refractivity (Wildman–Crippen MR) is 112 cm³/mol. The van der Waals surface area contributed by atoms with E-state index in [2.05, 4.69) is 28.2 Å². The summed E-state index contributed by atoms with van der Waals surface area (Å²) in [5, 5.41) is 3.08. The maximum atomic E-state index is 12.1. The van der Waals surface area contributed by atoms with Crippen LogP contribution in [0.25, 0.3) is 0 Å². The van der Waals surface area contributed by atoms with E-state index >= 15 is 0 Å². The summed E-state index contributed by atoms with van der Waals surface area (Å²) in [6.07, 6.45) is 0.987. The Hall–Kier alpha value is -1.77. The van der Waals surface area contributed by atoms with Crippen molar-refractivity contribution in [1.82, 2.24) is 14.0 Å². The number of thiophene rings is 1. The molecule has 1 fully saturated rings. The molecule has 1 saturated heterocycles. The van der Waals surface area contributed by atoms with Crippen LogP contribution in [0.2, 0.25) is 0 Å². The molecule has 3 heterocycles. The number of halogens is 1. The molecule has 27 heavy (non-hydrogen) atoms. The normalized spacial score (nSPS) is 14.9. The molecule has 3 rings (SSSR count). The number of hydrogen-bond acceptors (Lipinski definition) is 6. The van der Waals surface area contributed by atoms with Crippen molar-refractivity contribution in [3.63, 3.8) is 0 Å². The molecule has 2 aromatic heterocycles. The molecule has 0 saturated carbocycles. The SMILES string of the molecule is Cc1csc(OCCCN2CCN(c3cc(=O)n(C)c(=O)n3C)CC2)c1.Cl. The quantitative estimate of drug-likeness (QED) is 0.670. The van der Waals surface area contributed by atoms with Crippen molar-refractivity contribution in [1.29, 1.82) is 0 Å². The van der Waals surface area contributed by atoms with E-state index in [-0.39, 0.29) is 23.7 Å². The lowest BCUT2D eigenvalue weighted by Gasteiger charge is -2.36. The van der Waals surface area contributed by atoms with E-state index in [1.54, 1.807) is 29.0 Å². The third kappa shape index (κ3) is 5.15. The number of rotatable bonds is 6. The molecule has 0 unspecified atom stereocenters. The number of anilines is 1. The van der Waals surface area contributed by atoms with Gasteiger partial charge in [-0.3, -0.25) is 18.8 Å². The van der Waals surface area contributed by atoms with Crippen molar-refractivity contribution in [2.45, 2.75) is 13.3 Å². The van der Waals surface area contributed by atoms with Crippen molar-refractivity contribution in [3.05, 3.63) is 43.9 Å². The Bertz CT molecular complexity index is 868. The number of aromatic nitrogens is 2. The Kier molecular flexibility index (Phi) is 7.52. The van der Waals surface area contributed by atoms with E-state index in [9.17, 15) is 9.59 Å². The first kappa shape index (κ1) is 21.5. The molecule has 1 aliphatic rings. The second-order valence-corrected chi connectivity index (χ2v) is 7.59. The highest BCUT2D eigenvalue weighted by Crippen LogP contribution is 2.22. The molecule has 150 valence electrons. The molecule has 0 radical (unpaired) electrons. The molecule has 0 aromatic carbocycles. The van der Waals surface area contributed by atoms with Gasteiger partial charge in [-0.2, -0.15) is 0 Å². The maximum absolute atomic E-state index is 12.1. The van der Waals surface area contributed by atoms with Crippen LogP contribution in [0.4, 0.5) is 5.82 Å². The minimum absolute atomic E-state index is 0. The van der Waals surface area contributed by atoms with Crippen molar-refractivity contribution in [2.24, 2.45) is 14.1 Å². The summed E-state index contributed by atoms with van der Waals surface area (Å²) < 4.78 is 8.45. The topological polar surface area (TPSA) is 59.7 Å². The van der Waals surface area contributed by atoms with Crippen molar-refractivity contribution >= 4 is 29.6 Å². The van der Waals surface area contributed by atoms with Gasteiger partial charge in [0.15, 0.2) is 5.06 Å². The molecule has 0 amide bonds. The summed E-state index contributed by atoms with van der Waals surface area (Å²) in [4.78, 5) is 28.5. The molecule has 0 bridgehead atoms. The Morgan fingerprint density at radius 2 is 1.78 bits per heavy atom. The molecule has 9 heteroatoms. The fourth-order valence-electron chi connectivity index (χ4n) is 3.17. The van der Waals surface area contributed by atoms with Crippen molar-refractivity contribution < 1.29 is 4.74 Å². The first-order chi connectivity index (χ1) is 12.5. The number of ether oxygens (including phenoxy) is 1. The van der Waals surface area contributed by atoms with E-state index in [1.807, 2.05) is 0 Å². The second kappa shape index (κ2) is 9.43. The Morgan fingerprint density at radius 1 is 1.07 bits per heavy atom. The van der Waals surface area contributed by atoms with Gasteiger partial charge in [0.1, 0.15) is 5.82 Å². The van der Waals surface area contributed by atoms with Crippen LogP contribution in [0, 0.1) is 6.92 Å². The summed E-state index contributed by atoms with van der Waals surface area (Å²) in [7, 11) is 3.22. The average Bonchev–Trinajstić information content (AvgIpc) is 3.06. The van der Waals surface area contributed by atoms with Crippen LogP contribution in [0.3, 0.4) is 0 Å². The van der Waals surface area contributed by atoms with Crippen LogP contribution >= 0.6 is 23.7 Å². The van der Waals surface area contributed by atoms with Gasteiger partial charge in [-0.1, -0.05) is 0 Å². The van der Waals surface area contributed by atoms with Gasteiger partial charge >= 0.3 is 5.69 Å². The molecule has 0 atom stereocenters. The summed E-state index contributed by atoms with van der Waals surface area (Å²) in [5.74, 6) is 0.703. The highest BCUT2D eigenvalue weighted by Gasteiger charge is 2.20. The van der Waals surface area contributed by atoms with Gasteiger partial charge in [0.25, 0.3) is 5.56 Å². The van der Waals surface area contributed by atoms with Crippen LogP contribution in [-0.4, -0.2) is 53.4 Å². The van der Waals surface area contributed by atoms with Crippen LogP contribution < -0.4 is 20.9 Å². The van der Waals surface area contributed by atoms with Gasteiger partial charge in [0.2, 0.25) is 0 Å². The van der Waals surface area contributed by atoms with Gasteiger partial charge in [-0.05, 0) is 30.4 Å². The van der Waals surface area contributed by atoms with Crippen LogP contribution in [0.1, 0.15) is 12.0 Å². The molecule has 2 aromatic rings. The molecular weight excluding hydrogens is 388 g/mol. The second-order valence-electron chi connectivity index (χ2n) is 6.72. The van der Waals surface area contributed by atoms with Crippen LogP contribution in [0.15, 0.2) is 27.1 Å². The first-order valence-corrected chi connectivity index (χ1v) is 9.76. The zero-order chi connectivity index (χ0) is 18.7. The van der Waals surface area contributed by atoms with Gasteiger partial charge in [-0.25, -0.2) is 4.79 Å². The van der Waals surface area contributed by atoms with Crippen LogP contribution in [-0.2, 0) is 14.1 Å². The fourth-order valence-corrected chi connectivity index (χ4v) is 3.94. The zero-order valence-electron chi connectivity index (χ0n) is 16.0. The summed E-state index contributed by atoms with van der Waals surface area (Å²) in [6.45, 7) is 7.25. The van der Waals surface area contributed by atoms with Crippen LogP contribution in [0.5, 0.6) is 5.06 Å². The standard InChI is InChI=1S/C18H26N4O3S.ClH/c1-14-11-17(26-13-14)25-10-4-5-21-6-8-22(9-7-21)15-12-16(23)20(3)18(24)19(15)2;/h11-13H,4-10H2,1-3H3;1H. The third-order valence-electron chi connectivity index (χ3n) is 4.77. The predicted octanol–water partition coefficient (Wildman–Crippen LogP) is 1.47. The van der Waals surface area contributed by atoms with E-state index in [1.165, 1.54) is 12.6 Å². The van der Waals surface area contributed by atoms with Crippen molar-refractivity contribution in [2.75, 3.05) is 44.2 Å². The summed E-state index contributed by atoms with van der Waals surface area (Å²) >= 11 is 1.64. The highest BCUT2D eigenvalue weighted by molar-refractivity contribution is 7.12. The smallest absolute Gasteiger partial charge is 0.332 e. The first-order valence-electron chi connectivity index (χ1n) is 8.88. The minimum Gasteiger partial charge on any atom is -0.484 e. The molecule has 1 aliphatic heterocycles. The monoisotopic (exact) mass is 414 g/mol. The fraction of sp³-hybridized carbons (Fsp3) is 0.556. The van der Waals surface area contributed by atoms with E-state index < -0.39 is 0 Å². The molecule has 0 aliphatic carbocycles. The van der Waals surface area contributed by atoms with Crippen molar-refractivity contribution in [3.8, 4) is 5.06 Å². The van der Waals surface area contributed by atoms with Gasteiger partial charge in [0, 0.05) is 52.9 Å².